The van der Waals surface area contributed by atoms with Crippen molar-refractivity contribution in [3.63, 3.8) is 0 Å². The summed E-state index contributed by atoms with van der Waals surface area (Å²) in [7, 11) is 0. The number of rotatable bonds is 2. The summed E-state index contributed by atoms with van der Waals surface area (Å²) in [5.74, 6) is 0. The highest BCUT2D eigenvalue weighted by atomic mass is 15.0. The van der Waals surface area contributed by atoms with Crippen molar-refractivity contribution in [3.05, 3.63) is 30.1 Å². The number of nitrogens with zero attached hydrogens (tertiary/aromatic N) is 1. The number of allylic oxidation sites excluding steroid dienone is 1. The molecule has 1 nitrogen and oxygen atoms in total. The first-order valence-corrected chi connectivity index (χ1v) is 4.75. The van der Waals surface area contributed by atoms with Gasteiger partial charge < -0.3 is 4.57 Å². The predicted octanol–water partition coefficient (Wildman–Crippen LogP) is 3.25. The van der Waals surface area contributed by atoms with Crippen LogP contribution in [0.15, 0.2) is 24.4 Å². The molecule has 0 aromatic carbocycles. The van der Waals surface area contributed by atoms with Crippen LogP contribution in [0.25, 0.3) is 6.08 Å². The fourth-order valence-corrected chi connectivity index (χ4v) is 1.93. The van der Waals surface area contributed by atoms with E-state index in [4.69, 9.17) is 0 Å². The molecule has 1 aliphatic heterocycles. The maximum absolute atomic E-state index is 2.39. The SMILES string of the molecule is CCC[C@H]1CC=Cc2cccn21. The van der Waals surface area contributed by atoms with Gasteiger partial charge >= 0.3 is 0 Å². The van der Waals surface area contributed by atoms with E-state index in [-0.39, 0.29) is 0 Å². The largest absolute Gasteiger partial charge is 0.345 e. The Morgan fingerprint density at radius 1 is 1.58 bits per heavy atom. The van der Waals surface area contributed by atoms with E-state index in [9.17, 15) is 0 Å². The van der Waals surface area contributed by atoms with Gasteiger partial charge in [0.25, 0.3) is 0 Å². The van der Waals surface area contributed by atoms with Gasteiger partial charge in [-0.25, -0.2) is 0 Å². The normalized spacial score (nSPS) is 20.9. The van der Waals surface area contributed by atoms with Crippen molar-refractivity contribution in [1.29, 1.82) is 0 Å². The van der Waals surface area contributed by atoms with Gasteiger partial charge in [0.2, 0.25) is 0 Å². The van der Waals surface area contributed by atoms with Crippen LogP contribution in [-0.2, 0) is 0 Å². The molecule has 0 saturated heterocycles. The van der Waals surface area contributed by atoms with Crippen molar-refractivity contribution < 1.29 is 0 Å². The Balaban J connectivity index is 2.26. The van der Waals surface area contributed by atoms with Gasteiger partial charge in [0.05, 0.1) is 0 Å². The summed E-state index contributed by atoms with van der Waals surface area (Å²) >= 11 is 0. The van der Waals surface area contributed by atoms with Crippen LogP contribution in [0.3, 0.4) is 0 Å². The molecule has 12 heavy (non-hydrogen) atoms. The van der Waals surface area contributed by atoms with Gasteiger partial charge in [0.15, 0.2) is 0 Å². The molecule has 0 saturated carbocycles. The molecular weight excluding hydrogens is 146 g/mol. The van der Waals surface area contributed by atoms with Gasteiger partial charge in [-0.3, -0.25) is 0 Å². The molecule has 2 rings (SSSR count). The van der Waals surface area contributed by atoms with Crippen LogP contribution in [0, 0.1) is 0 Å². The molecule has 0 bridgehead atoms. The molecular formula is C11H15N. The van der Waals surface area contributed by atoms with Crippen LogP contribution in [0.1, 0.15) is 37.9 Å². The topological polar surface area (TPSA) is 4.93 Å². The summed E-state index contributed by atoms with van der Waals surface area (Å²) in [6, 6.07) is 5.02. The second-order valence-corrected chi connectivity index (χ2v) is 3.42. The minimum absolute atomic E-state index is 0.713. The molecule has 0 fully saturated rings. The molecule has 1 aromatic rings. The van der Waals surface area contributed by atoms with Gasteiger partial charge in [-0.1, -0.05) is 19.4 Å². The van der Waals surface area contributed by atoms with Crippen LogP contribution in [0.5, 0.6) is 0 Å². The standard InChI is InChI=1S/C11H15N/c1-2-5-10-6-3-7-11-8-4-9-12(10)11/h3-4,7-10H,2,5-6H2,1H3/t10-/m0/s1. The Kier molecular flexibility index (Phi) is 2.03. The van der Waals surface area contributed by atoms with Crippen LogP contribution in [0.4, 0.5) is 0 Å². The fraction of sp³-hybridized carbons (Fsp3) is 0.455. The number of aromatic nitrogens is 1. The van der Waals surface area contributed by atoms with E-state index in [1.807, 2.05) is 0 Å². The van der Waals surface area contributed by atoms with E-state index in [0.717, 1.165) is 0 Å². The molecule has 64 valence electrons. The van der Waals surface area contributed by atoms with Gasteiger partial charge in [-0.2, -0.15) is 0 Å². The molecule has 1 atom stereocenters. The Hall–Kier alpha value is -0.980. The zero-order valence-electron chi connectivity index (χ0n) is 7.53. The molecule has 0 amide bonds. The first-order valence-electron chi connectivity index (χ1n) is 4.75. The van der Waals surface area contributed by atoms with E-state index in [2.05, 4.69) is 42.0 Å². The second-order valence-electron chi connectivity index (χ2n) is 3.42. The average molecular weight is 161 g/mol. The van der Waals surface area contributed by atoms with E-state index >= 15 is 0 Å². The molecule has 1 heteroatoms. The van der Waals surface area contributed by atoms with Gasteiger partial charge in [0, 0.05) is 17.9 Å². The monoisotopic (exact) mass is 161 g/mol. The first-order chi connectivity index (χ1) is 5.92. The lowest BCUT2D eigenvalue weighted by Gasteiger charge is -2.22. The summed E-state index contributed by atoms with van der Waals surface area (Å²) in [5, 5.41) is 0. The second kappa shape index (κ2) is 3.18. The summed E-state index contributed by atoms with van der Waals surface area (Å²) < 4.78 is 2.39. The summed E-state index contributed by atoms with van der Waals surface area (Å²) in [4.78, 5) is 0. The number of fused-ring (bicyclic) bond motifs is 1. The highest BCUT2D eigenvalue weighted by molar-refractivity contribution is 5.47. The lowest BCUT2D eigenvalue weighted by atomic mass is 10.0. The molecule has 1 aliphatic rings. The Bertz CT molecular complexity index is 283. The summed E-state index contributed by atoms with van der Waals surface area (Å²) in [6.45, 7) is 2.25. The smallest absolute Gasteiger partial charge is 0.0406 e. The maximum atomic E-state index is 2.39. The molecule has 0 spiro atoms. The molecule has 2 heterocycles. The van der Waals surface area contributed by atoms with Crippen molar-refractivity contribution >= 4 is 6.08 Å². The van der Waals surface area contributed by atoms with Crippen molar-refractivity contribution in [1.82, 2.24) is 4.57 Å². The minimum Gasteiger partial charge on any atom is -0.345 e. The van der Waals surface area contributed by atoms with E-state index in [1.54, 1.807) is 0 Å². The number of hydrogen-bond donors (Lipinski definition) is 0. The third kappa shape index (κ3) is 1.20. The minimum atomic E-state index is 0.713. The van der Waals surface area contributed by atoms with Gasteiger partial charge in [-0.15, -0.1) is 0 Å². The molecule has 0 unspecified atom stereocenters. The molecule has 0 aliphatic carbocycles. The zero-order valence-corrected chi connectivity index (χ0v) is 7.53. The lowest BCUT2D eigenvalue weighted by molar-refractivity contribution is 0.459. The third-order valence-corrected chi connectivity index (χ3v) is 2.52. The summed E-state index contributed by atoms with van der Waals surface area (Å²) in [5.41, 5.74) is 1.36. The Morgan fingerprint density at radius 3 is 3.33 bits per heavy atom. The predicted molar refractivity (Wildman–Crippen MR) is 52.0 cm³/mol. The van der Waals surface area contributed by atoms with Crippen molar-refractivity contribution in [3.8, 4) is 0 Å². The zero-order chi connectivity index (χ0) is 8.39. The van der Waals surface area contributed by atoms with E-state index in [0.29, 0.717) is 6.04 Å². The van der Waals surface area contributed by atoms with Crippen LogP contribution >= 0.6 is 0 Å². The molecule has 1 aromatic heterocycles. The van der Waals surface area contributed by atoms with Crippen LogP contribution in [-0.4, -0.2) is 4.57 Å². The van der Waals surface area contributed by atoms with Crippen molar-refractivity contribution in [2.75, 3.05) is 0 Å². The highest BCUT2D eigenvalue weighted by Gasteiger charge is 2.12. The first kappa shape index (κ1) is 7.66. The average Bonchev–Trinajstić information content (AvgIpc) is 2.53. The van der Waals surface area contributed by atoms with Crippen LogP contribution in [0.2, 0.25) is 0 Å². The van der Waals surface area contributed by atoms with Crippen molar-refractivity contribution in [2.45, 2.75) is 32.2 Å². The van der Waals surface area contributed by atoms with Gasteiger partial charge in [0.1, 0.15) is 0 Å². The third-order valence-electron chi connectivity index (χ3n) is 2.52. The maximum Gasteiger partial charge on any atom is 0.0406 e. The van der Waals surface area contributed by atoms with E-state index < -0.39 is 0 Å². The van der Waals surface area contributed by atoms with E-state index in [1.165, 1.54) is 25.0 Å². The van der Waals surface area contributed by atoms with Gasteiger partial charge in [-0.05, 0) is 31.1 Å². The Labute approximate surface area is 73.7 Å². The quantitative estimate of drug-likeness (QED) is 0.627. The molecule has 0 N–H and O–H groups in total. The number of hydrogen-bond acceptors (Lipinski definition) is 0. The lowest BCUT2D eigenvalue weighted by Crippen LogP contribution is -2.11. The summed E-state index contributed by atoms with van der Waals surface area (Å²) in [6.07, 6.45) is 10.5. The molecule has 0 radical (unpaired) electrons. The van der Waals surface area contributed by atoms with Crippen molar-refractivity contribution in [2.24, 2.45) is 0 Å². The fourth-order valence-electron chi connectivity index (χ4n) is 1.93. The Morgan fingerprint density at radius 2 is 2.50 bits per heavy atom. The van der Waals surface area contributed by atoms with Crippen LogP contribution < -0.4 is 0 Å². The highest BCUT2D eigenvalue weighted by Crippen LogP contribution is 2.26.